The molecule has 202 valence electrons. The third kappa shape index (κ3) is 5.23. The zero-order valence-corrected chi connectivity index (χ0v) is 23.7. The Bertz CT molecular complexity index is 1470. The Hall–Kier alpha value is -3.48. The van der Waals surface area contributed by atoms with Gasteiger partial charge in [0.25, 0.3) is 5.91 Å². The van der Waals surface area contributed by atoms with Gasteiger partial charge in [0.2, 0.25) is 5.95 Å². The average Bonchev–Trinajstić information content (AvgIpc) is 3.60. The monoisotopic (exact) mass is 562 g/mol. The number of fused-ring (bicyclic) bond motifs is 2. The van der Waals surface area contributed by atoms with E-state index in [0.717, 1.165) is 52.2 Å². The average molecular weight is 563 g/mol. The van der Waals surface area contributed by atoms with Gasteiger partial charge in [0.15, 0.2) is 5.13 Å². The molecule has 0 saturated carbocycles. The van der Waals surface area contributed by atoms with Crippen LogP contribution in [0.5, 0.6) is 0 Å². The summed E-state index contributed by atoms with van der Waals surface area (Å²) < 4.78 is 0. The molecule has 4 aromatic rings. The number of carbonyl (C=O) groups is 1. The number of aromatic nitrogens is 5. The Morgan fingerprint density at radius 1 is 1.08 bits per heavy atom. The Morgan fingerprint density at radius 2 is 1.87 bits per heavy atom. The predicted octanol–water partition coefficient (Wildman–Crippen LogP) is 4.75. The number of amides is 1. The normalized spacial score (nSPS) is 19.7. The minimum atomic E-state index is -0.598. The molecule has 0 aromatic carbocycles. The van der Waals surface area contributed by atoms with Crippen LogP contribution in [0.25, 0.3) is 10.6 Å². The topological polar surface area (TPSA) is 120 Å². The van der Waals surface area contributed by atoms with Gasteiger partial charge in [-0.25, -0.2) is 24.9 Å². The quantitative estimate of drug-likeness (QED) is 0.343. The van der Waals surface area contributed by atoms with Gasteiger partial charge in [0.1, 0.15) is 5.82 Å². The summed E-state index contributed by atoms with van der Waals surface area (Å²) in [5.74, 6) is 1.30. The number of carbonyl (C=O) groups excluding carboxylic acids is 1. The van der Waals surface area contributed by atoms with Crippen molar-refractivity contribution in [3.05, 3.63) is 57.9 Å². The number of thiazole rings is 2. The summed E-state index contributed by atoms with van der Waals surface area (Å²) in [6, 6.07) is 3.95. The van der Waals surface area contributed by atoms with E-state index in [9.17, 15) is 9.90 Å². The lowest BCUT2D eigenvalue weighted by Crippen LogP contribution is -2.43. The molecule has 39 heavy (non-hydrogen) atoms. The van der Waals surface area contributed by atoms with Crippen LogP contribution in [0.15, 0.2) is 36.1 Å². The van der Waals surface area contributed by atoms with Crippen molar-refractivity contribution in [1.82, 2.24) is 29.8 Å². The molecule has 3 atom stereocenters. The molecule has 2 aliphatic heterocycles. The summed E-state index contributed by atoms with van der Waals surface area (Å²) in [4.78, 5) is 41.5. The van der Waals surface area contributed by atoms with E-state index in [2.05, 4.69) is 30.2 Å². The van der Waals surface area contributed by atoms with E-state index >= 15 is 0 Å². The fourth-order valence-electron chi connectivity index (χ4n) is 5.36. The second-order valence-corrected chi connectivity index (χ2v) is 12.1. The van der Waals surface area contributed by atoms with Gasteiger partial charge in [-0.3, -0.25) is 4.79 Å². The number of anilines is 3. The molecule has 10 nitrogen and oxygen atoms in total. The molecule has 6 rings (SSSR count). The van der Waals surface area contributed by atoms with Gasteiger partial charge in [-0.2, -0.15) is 0 Å². The van der Waals surface area contributed by atoms with Crippen LogP contribution in [0.4, 0.5) is 16.9 Å². The molecule has 12 heteroatoms. The molecule has 1 amide bonds. The first kappa shape index (κ1) is 25.8. The van der Waals surface area contributed by atoms with Gasteiger partial charge in [-0.15, -0.1) is 22.7 Å². The van der Waals surface area contributed by atoms with Crippen molar-refractivity contribution < 1.29 is 9.90 Å². The Kier molecular flexibility index (Phi) is 7.00. The number of hydrogen-bond acceptors (Lipinski definition) is 11. The first-order valence-electron chi connectivity index (χ1n) is 13.1. The molecule has 2 aliphatic rings. The van der Waals surface area contributed by atoms with Crippen molar-refractivity contribution in [2.75, 3.05) is 23.3 Å². The number of aliphatic hydroxyl groups is 1. The van der Waals surface area contributed by atoms with Crippen molar-refractivity contribution in [3.63, 3.8) is 0 Å². The SMILES string of the molecule is Cc1nc(C)c(-c2csc(Nc3ccc(C(=O)N4C5CC[C@H]4CCN(c4ncc(C(C)O)cn4)C5)cn3)n2)s1. The fourth-order valence-corrected chi connectivity index (χ4v) is 7.02. The zero-order valence-electron chi connectivity index (χ0n) is 22.0. The lowest BCUT2D eigenvalue weighted by molar-refractivity contribution is 0.0681. The van der Waals surface area contributed by atoms with E-state index in [-0.39, 0.29) is 18.0 Å². The molecule has 4 aromatic heterocycles. The largest absolute Gasteiger partial charge is 0.389 e. The lowest BCUT2D eigenvalue weighted by Gasteiger charge is -2.29. The number of pyridine rings is 1. The van der Waals surface area contributed by atoms with E-state index in [1.54, 1.807) is 36.9 Å². The molecular formula is C27H30N8O2S2. The summed E-state index contributed by atoms with van der Waals surface area (Å²) in [6.45, 7) is 7.18. The highest BCUT2D eigenvalue weighted by atomic mass is 32.1. The molecule has 0 aliphatic carbocycles. The molecule has 2 fully saturated rings. The summed E-state index contributed by atoms with van der Waals surface area (Å²) in [6.07, 6.45) is 7.22. The van der Waals surface area contributed by atoms with Gasteiger partial charge in [-0.05, 0) is 52.2 Å². The lowest BCUT2D eigenvalue weighted by atomic mass is 10.1. The van der Waals surface area contributed by atoms with Crippen LogP contribution in [0.3, 0.4) is 0 Å². The molecule has 0 radical (unpaired) electrons. The standard InChI is InChI=1S/C27H30N8O2S2/c1-15-24(39-17(3)31-15)22-14-38-27(32-22)33-23-7-4-18(10-28-23)25(37)35-20-5-6-21(35)13-34(9-8-20)26-29-11-19(12-30-26)16(2)36/h4,7,10-12,14,16,20-21,36H,5-6,8-9,13H2,1-3H3,(H,28,32,33)/t16?,20-,21?/m0/s1. The van der Waals surface area contributed by atoms with E-state index in [4.69, 9.17) is 4.98 Å². The third-order valence-corrected chi connectivity index (χ3v) is 9.18. The van der Waals surface area contributed by atoms with Gasteiger partial charge >= 0.3 is 0 Å². The number of nitrogens with zero attached hydrogens (tertiary/aromatic N) is 7. The second-order valence-electron chi connectivity index (χ2n) is 10.1. The maximum absolute atomic E-state index is 13.6. The summed E-state index contributed by atoms with van der Waals surface area (Å²) in [7, 11) is 0. The van der Waals surface area contributed by atoms with Crippen LogP contribution in [0.2, 0.25) is 0 Å². The van der Waals surface area contributed by atoms with Crippen LogP contribution < -0.4 is 10.2 Å². The van der Waals surface area contributed by atoms with Gasteiger partial charge < -0.3 is 20.2 Å². The Labute approximate surface area is 234 Å². The van der Waals surface area contributed by atoms with E-state index in [1.165, 1.54) is 11.3 Å². The zero-order chi connectivity index (χ0) is 27.1. The highest BCUT2D eigenvalue weighted by Gasteiger charge is 2.41. The van der Waals surface area contributed by atoms with Gasteiger partial charge in [-0.1, -0.05) is 0 Å². The first-order chi connectivity index (χ1) is 18.9. The van der Waals surface area contributed by atoms with Gasteiger partial charge in [0, 0.05) is 54.7 Å². The Balaban J connectivity index is 1.12. The van der Waals surface area contributed by atoms with Crippen molar-refractivity contribution in [3.8, 4) is 10.6 Å². The third-order valence-electron chi connectivity index (χ3n) is 7.33. The molecule has 2 bridgehead atoms. The predicted molar refractivity (Wildman–Crippen MR) is 153 cm³/mol. The molecule has 2 unspecified atom stereocenters. The molecule has 2 N–H and O–H groups in total. The van der Waals surface area contributed by atoms with Gasteiger partial charge in [0.05, 0.1) is 32.9 Å². The minimum Gasteiger partial charge on any atom is -0.389 e. The van der Waals surface area contributed by atoms with Crippen molar-refractivity contribution in [1.29, 1.82) is 0 Å². The molecule has 6 heterocycles. The summed E-state index contributed by atoms with van der Waals surface area (Å²) in [5.41, 5.74) is 3.17. The van der Waals surface area contributed by atoms with Crippen LogP contribution in [-0.4, -0.2) is 66.0 Å². The highest BCUT2D eigenvalue weighted by Crippen LogP contribution is 2.34. The van der Waals surface area contributed by atoms with Crippen LogP contribution in [0, 0.1) is 13.8 Å². The molecular weight excluding hydrogens is 532 g/mol. The number of nitrogens with one attached hydrogen (secondary N) is 1. The number of aryl methyl sites for hydroxylation is 2. The molecule has 0 spiro atoms. The van der Waals surface area contributed by atoms with Crippen LogP contribution in [-0.2, 0) is 0 Å². The fraction of sp³-hybridized carbons (Fsp3) is 0.407. The van der Waals surface area contributed by atoms with Crippen molar-refractivity contribution in [2.24, 2.45) is 0 Å². The number of rotatable bonds is 6. The Morgan fingerprint density at radius 3 is 2.56 bits per heavy atom. The molecule has 2 saturated heterocycles. The second kappa shape index (κ2) is 10.6. The maximum Gasteiger partial charge on any atom is 0.255 e. The maximum atomic E-state index is 13.6. The number of aliphatic hydroxyl groups excluding tert-OH is 1. The van der Waals surface area contributed by atoms with Crippen LogP contribution >= 0.6 is 22.7 Å². The van der Waals surface area contributed by atoms with E-state index in [0.29, 0.717) is 29.4 Å². The van der Waals surface area contributed by atoms with Crippen molar-refractivity contribution in [2.45, 2.75) is 58.2 Å². The van der Waals surface area contributed by atoms with E-state index < -0.39 is 6.10 Å². The minimum absolute atomic E-state index is 0.0151. The summed E-state index contributed by atoms with van der Waals surface area (Å²) in [5, 5.41) is 16.8. The first-order valence-corrected chi connectivity index (χ1v) is 14.8. The smallest absolute Gasteiger partial charge is 0.255 e. The van der Waals surface area contributed by atoms with Crippen LogP contribution in [0.1, 0.15) is 58.9 Å². The van der Waals surface area contributed by atoms with Crippen molar-refractivity contribution >= 4 is 45.5 Å². The number of hydrogen-bond donors (Lipinski definition) is 2. The summed E-state index contributed by atoms with van der Waals surface area (Å²) >= 11 is 3.16. The highest BCUT2D eigenvalue weighted by molar-refractivity contribution is 7.16. The van der Waals surface area contributed by atoms with E-state index in [1.807, 2.05) is 36.3 Å².